The van der Waals surface area contributed by atoms with Gasteiger partial charge in [-0.05, 0) is 47.5 Å². The molecule has 1 aliphatic heterocycles. The van der Waals surface area contributed by atoms with Gasteiger partial charge in [0.1, 0.15) is 24.2 Å². The Morgan fingerprint density at radius 2 is 1.46 bits per heavy atom. The van der Waals surface area contributed by atoms with E-state index in [1.807, 2.05) is 24.3 Å². The van der Waals surface area contributed by atoms with Gasteiger partial charge >= 0.3 is 11.9 Å². The maximum atomic E-state index is 12.0. The molecule has 1 saturated heterocycles. The fourth-order valence-electron chi connectivity index (χ4n) is 2.22. The normalized spacial score (nSPS) is 15.5. The lowest BCUT2D eigenvalue weighted by atomic mass is 10.2. The summed E-state index contributed by atoms with van der Waals surface area (Å²) in [6.45, 7) is 1.31. The topological polar surface area (TPSA) is 74.4 Å². The molecule has 1 heterocycles. The number of hydrogen-bond acceptors (Lipinski definition) is 6. The molecule has 0 amide bonds. The van der Waals surface area contributed by atoms with Crippen LogP contribution in [0.5, 0.6) is 11.5 Å². The van der Waals surface area contributed by atoms with Crippen LogP contribution in [0.4, 0.5) is 0 Å². The van der Waals surface area contributed by atoms with E-state index in [-0.39, 0.29) is 6.10 Å². The van der Waals surface area contributed by atoms with Gasteiger partial charge in [0.25, 0.3) is 0 Å². The molecule has 0 bridgehead atoms. The largest absolute Gasteiger partial charge is 0.491 e. The molecule has 6 nitrogen and oxygen atoms in total. The van der Waals surface area contributed by atoms with E-state index in [1.165, 1.54) is 19.3 Å². The first-order valence-corrected chi connectivity index (χ1v) is 8.73. The maximum Gasteiger partial charge on any atom is 0.336 e. The van der Waals surface area contributed by atoms with Gasteiger partial charge in [0.05, 0.1) is 13.7 Å². The number of rotatable bonds is 8. The SMILES string of the molecule is COC(=O)/C=C/c1ccc(OC(=O)/C=C/c2ccc(OCC3CO3)cc2)cc1. The van der Waals surface area contributed by atoms with Crippen LogP contribution in [0.15, 0.2) is 60.7 Å². The number of hydrogen-bond donors (Lipinski definition) is 0. The summed E-state index contributed by atoms with van der Waals surface area (Å²) in [5.74, 6) is 0.258. The molecule has 1 atom stereocenters. The van der Waals surface area contributed by atoms with Gasteiger partial charge in [-0.3, -0.25) is 0 Å². The first-order chi connectivity index (χ1) is 13.6. The molecule has 1 unspecified atom stereocenters. The van der Waals surface area contributed by atoms with Crippen molar-refractivity contribution in [1.29, 1.82) is 0 Å². The van der Waals surface area contributed by atoms with Crippen LogP contribution in [0.1, 0.15) is 11.1 Å². The van der Waals surface area contributed by atoms with Crippen molar-refractivity contribution in [2.45, 2.75) is 6.10 Å². The fraction of sp³-hybridized carbons (Fsp3) is 0.182. The highest BCUT2D eigenvalue weighted by atomic mass is 16.6. The summed E-state index contributed by atoms with van der Waals surface area (Å²) in [4.78, 5) is 23.0. The second-order valence-corrected chi connectivity index (χ2v) is 6.02. The first-order valence-electron chi connectivity index (χ1n) is 8.73. The van der Waals surface area contributed by atoms with E-state index >= 15 is 0 Å². The van der Waals surface area contributed by atoms with E-state index in [4.69, 9.17) is 14.2 Å². The fourth-order valence-corrected chi connectivity index (χ4v) is 2.22. The van der Waals surface area contributed by atoms with E-state index in [1.54, 1.807) is 36.4 Å². The predicted molar refractivity (Wildman–Crippen MR) is 104 cm³/mol. The van der Waals surface area contributed by atoms with Gasteiger partial charge in [0, 0.05) is 12.2 Å². The zero-order valence-corrected chi connectivity index (χ0v) is 15.4. The number of carbonyl (C=O) groups is 2. The van der Waals surface area contributed by atoms with Crippen LogP contribution in [0.2, 0.25) is 0 Å². The van der Waals surface area contributed by atoms with Gasteiger partial charge in [-0.15, -0.1) is 0 Å². The molecule has 0 spiro atoms. The third-order valence-corrected chi connectivity index (χ3v) is 3.84. The summed E-state index contributed by atoms with van der Waals surface area (Å²) in [6, 6.07) is 14.2. The molecule has 1 aliphatic rings. The van der Waals surface area contributed by atoms with E-state index in [9.17, 15) is 9.59 Å². The highest BCUT2D eigenvalue weighted by molar-refractivity contribution is 5.89. The van der Waals surface area contributed by atoms with Crippen molar-refractivity contribution in [2.75, 3.05) is 20.3 Å². The Hall–Kier alpha value is -3.38. The van der Waals surface area contributed by atoms with E-state index < -0.39 is 11.9 Å². The standard InChI is InChI=1S/C22H20O6/c1-25-21(23)12-6-17-4-10-19(11-5-17)28-22(24)13-7-16-2-8-18(9-3-16)26-14-20-15-27-20/h2-13,20H,14-15H2,1H3/b12-6+,13-7+. The third-order valence-electron chi connectivity index (χ3n) is 3.84. The molecular formula is C22H20O6. The van der Waals surface area contributed by atoms with Gasteiger partial charge in [-0.25, -0.2) is 9.59 Å². The Kier molecular flexibility index (Phi) is 6.59. The summed E-state index contributed by atoms with van der Waals surface area (Å²) in [5, 5.41) is 0. The molecule has 1 fully saturated rings. The third kappa shape index (κ3) is 6.41. The summed E-state index contributed by atoms with van der Waals surface area (Å²) < 4.78 is 20.4. The Morgan fingerprint density at radius 1 is 0.929 bits per heavy atom. The molecule has 3 rings (SSSR count). The summed E-state index contributed by atoms with van der Waals surface area (Å²) in [7, 11) is 1.31. The number of benzene rings is 2. The minimum absolute atomic E-state index is 0.215. The van der Waals surface area contributed by atoms with Gasteiger partial charge in [-0.1, -0.05) is 24.3 Å². The molecule has 2 aromatic rings. The molecule has 0 N–H and O–H groups in total. The Morgan fingerprint density at radius 3 is 2.00 bits per heavy atom. The van der Waals surface area contributed by atoms with Crippen LogP contribution in [0.3, 0.4) is 0 Å². The average Bonchev–Trinajstić information content (AvgIpc) is 3.55. The van der Waals surface area contributed by atoms with Crippen molar-refractivity contribution in [3.05, 3.63) is 71.8 Å². The zero-order valence-electron chi connectivity index (χ0n) is 15.4. The quantitative estimate of drug-likeness (QED) is 0.303. The number of carbonyl (C=O) groups excluding carboxylic acids is 2. The van der Waals surface area contributed by atoms with Gasteiger partial charge in [0.2, 0.25) is 0 Å². The van der Waals surface area contributed by atoms with Crippen LogP contribution >= 0.6 is 0 Å². The molecule has 28 heavy (non-hydrogen) atoms. The highest BCUT2D eigenvalue weighted by Gasteiger charge is 2.22. The summed E-state index contributed by atoms with van der Waals surface area (Å²) in [6.07, 6.45) is 6.18. The Bertz CT molecular complexity index is 861. The summed E-state index contributed by atoms with van der Waals surface area (Å²) >= 11 is 0. The molecule has 0 aliphatic carbocycles. The highest BCUT2D eigenvalue weighted by Crippen LogP contribution is 2.17. The van der Waals surface area contributed by atoms with Crippen LogP contribution < -0.4 is 9.47 Å². The maximum absolute atomic E-state index is 12.0. The number of methoxy groups -OCH3 is 1. The van der Waals surface area contributed by atoms with Gasteiger partial charge < -0.3 is 18.9 Å². The minimum atomic E-state index is -0.482. The van der Waals surface area contributed by atoms with E-state index in [0.717, 1.165) is 23.5 Å². The Balaban J connectivity index is 1.48. The lowest BCUT2D eigenvalue weighted by molar-refractivity contribution is -0.134. The van der Waals surface area contributed by atoms with Crippen molar-refractivity contribution in [3.8, 4) is 11.5 Å². The summed E-state index contributed by atoms with van der Waals surface area (Å²) in [5.41, 5.74) is 1.64. The molecular weight excluding hydrogens is 360 g/mol. The minimum Gasteiger partial charge on any atom is -0.491 e. The smallest absolute Gasteiger partial charge is 0.336 e. The molecule has 0 saturated carbocycles. The zero-order chi connectivity index (χ0) is 19.8. The molecule has 144 valence electrons. The molecule has 0 aromatic heterocycles. The van der Waals surface area contributed by atoms with Crippen LogP contribution in [0, 0.1) is 0 Å². The monoisotopic (exact) mass is 380 g/mol. The molecule has 6 heteroatoms. The van der Waals surface area contributed by atoms with Crippen molar-refractivity contribution in [3.63, 3.8) is 0 Å². The van der Waals surface area contributed by atoms with Crippen molar-refractivity contribution in [1.82, 2.24) is 0 Å². The molecule has 2 aromatic carbocycles. The van der Waals surface area contributed by atoms with Crippen LogP contribution in [0.25, 0.3) is 12.2 Å². The average molecular weight is 380 g/mol. The number of ether oxygens (including phenoxy) is 4. The van der Waals surface area contributed by atoms with Crippen molar-refractivity contribution in [2.24, 2.45) is 0 Å². The van der Waals surface area contributed by atoms with Gasteiger partial charge in [-0.2, -0.15) is 0 Å². The van der Waals surface area contributed by atoms with Crippen molar-refractivity contribution >= 4 is 24.1 Å². The second-order valence-electron chi connectivity index (χ2n) is 6.02. The lowest BCUT2D eigenvalue weighted by Gasteiger charge is -2.04. The lowest BCUT2D eigenvalue weighted by Crippen LogP contribution is -2.04. The predicted octanol–water partition coefficient (Wildman–Crippen LogP) is 3.27. The molecule has 0 radical (unpaired) electrons. The second kappa shape index (κ2) is 9.53. The van der Waals surface area contributed by atoms with E-state index in [0.29, 0.717) is 12.4 Å². The van der Waals surface area contributed by atoms with Gasteiger partial charge in [0.15, 0.2) is 0 Å². The van der Waals surface area contributed by atoms with E-state index in [2.05, 4.69) is 4.74 Å². The van der Waals surface area contributed by atoms with Crippen LogP contribution in [-0.4, -0.2) is 38.4 Å². The first kappa shape index (κ1) is 19.4. The number of esters is 2. The van der Waals surface area contributed by atoms with Crippen LogP contribution in [-0.2, 0) is 19.1 Å². The van der Waals surface area contributed by atoms with Crippen molar-refractivity contribution < 1.29 is 28.5 Å². The Labute approximate surface area is 163 Å². The number of epoxide rings is 1.